The number of ether oxygens (including phenoxy) is 2. The van der Waals surface area contributed by atoms with Crippen molar-refractivity contribution in [2.75, 3.05) is 57.7 Å². The lowest BCUT2D eigenvalue weighted by Crippen LogP contribution is -2.37. The molecule has 236 valence electrons. The molecule has 1 N–H and O–H groups in total. The number of halogens is 1. The minimum atomic E-state index is -0.360. The van der Waals surface area contributed by atoms with Crippen LogP contribution in [0.5, 0.6) is 5.75 Å². The number of amides is 1. The van der Waals surface area contributed by atoms with Gasteiger partial charge in [0.05, 0.1) is 37.8 Å². The van der Waals surface area contributed by atoms with Crippen molar-refractivity contribution in [2.45, 2.75) is 19.6 Å². The molecule has 1 fully saturated rings. The number of fused-ring (bicyclic) bond motifs is 2. The minimum absolute atomic E-state index is 0.110. The van der Waals surface area contributed by atoms with Crippen molar-refractivity contribution in [2.24, 2.45) is 0 Å². The van der Waals surface area contributed by atoms with Crippen LogP contribution in [0.1, 0.15) is 27.0 Å². The number of benzene rings is 2. The van der Waals surface area contributed by atoms with Gasteiger partial charge in [0.15, 0.2) is 0 Å². The first-order valence-corrected chi connectivity index (χ1v) is 15.3. The molecule has 2 aliphatic rings. The molecule has 0 atom stereocenters. The molecule has 0 bridgehead atoms. The molecule has 0 spiro atoms. The Labute approximate surface area is 267 Å². The number of carbonyl (C=O) groups is 1. The van der Waals surface area contributed by atoms with E-state index in [1.165, 1.54) is 23.4 Å². The van der Waals surface area contributed by atoms with Gasteiger partial charge in [-0.1, -0.05) is 12.1 Å². The van der Waals surface area contributed by atoms with E-state index >= 15 is 0 Å². The molecule has 0 unspecified atom stereocenters. The first-order valence-electron chi connectivity index (χ1n) is 15.3. The van der Waals surface area contributed by atoms with E-state index in [1.54, 1.807) is 25.7 Å². The maximum Gasteiger partial charge on any atom is 0.258 e. The summed E-state index contributed by atoms with van der Waals surface area (Å²) in [6, 6.07) is 16.8. The second kappa shape index (κ2) is 12.4. The summed E-state index contributed by atoms with van der Waals surface area (Å²) in [5.41, 5.74) is 7.58. The number of morpholine rings is 1. The molecular weight excluding hydrogens is 585 g/mol. The predicted molar refractivity (Wildman–Crippen MR) is 175 cm³/mol. The van der Waals surface area contributed by atoms with Gasteiger partial charge in [0, 0.05) is 68.1 Å². The van der Waals surface area contributed by atoms with E-state index in [0.29, 0.717) is 43.3 Å². The second-order valence-corrected chi connectivity index (χ2v) is 11.9. The van der Waals surface area contributed by atoms with Gasteiger partial charge in [-0.25, -0.2) is 14.4 Å². The maximum atomic E-state index is 14.2. The molecule has 7 rings (SSSR count). The molecule has 11 heteroatoms. The summed E-state index contributed by atoms with van der Waals surface area (Å²) < 4.78 is 26.7. The van der Waals surface area contributed by atoms with Crippen LogP contribution in [0.3, 0.4) is 0 Å². The number of aromatic nitrogens is 3. The Hall–Kier alpha value is -5.00. The van der Waals surface area contributed by atoms with E-state index < -0.39 is 0 Å². The Morgan fingerprint density at radius 2 is 1.83 bits per heavy atom. The average Bonchev–Trinajstić information content (AvgIpc) is 3.62. The van der Waals surface area contributed by atoms with Crippen LogP contribution in [0.2, 0.25) is 0 Å². The zero-order valence-electron chi connectivity index (χ0n) is 26.2. The topological polar surface area (TPSA) is 87.5 Å². The van der Waals surface area contributed by atoms with E-state index in [-0.39, 0.29) is 11.7 Å². The number of nitrogens with one attached hydrogen (secondary N) is 1. The van der Waals surface area contributed by atoms with Crippen molar-refractivity contribution in [1.82, 2.24) is 24.2 Å². The summed E-state index contributed by atoms with van der Waals surface area (Å²) >= 11 is 0. The van der Waals surface area contributed by atoms with Crippen LogP contribution in [-0.4, -0.2) is 77.6 Å². The number of hydrogen-bond acceptors (Lipinski definition) is 8. The highest BCUT2D eigenvalue weighted by molar-refractivity contribution is 6.05. The number of pyridine rings is 2. The lowest BCUT2D eigenvalue weighted by Gasteiger charge is -2.31. The molecule has 0 aliphatic carbocycles. The van der Waals surface area contributed by atoms with E-state index in [4.69, 9.17) is 14.5 Å². The third kappa shape index (κ3) is 5.75. The number of imidazole rings is 1. The molecule has 5 aromatic rings. The fourth-order valence-electron chi connectivity index (χ4n) is 6.29. The number of rotatable bonds is 9. The first-order chi connectivity index (χ1) is 22.4. The number of carbonyl (C=O) groups excluding carboxylic acids is 1. The van der Waals surface area contributed by atoms with Crippen molar-refractivity contribution < 1.29 is 18.7 Å². The molecule has 0 radical (unpaired) electrons. The molecule has 0 saturated carbocycles. The van der Waals surface area contributed by atoms with Gasteiger partial charge >= 0.3 is 0 Å². The van der Waals surface area contributed by atoms with Crippen LogP contribution in [0.25, 0.3) is 16.9 Å². The summed E-state index contributed by atoms with van der Waals surface area (Å²) in [5.74, 6) is 0.786. The van der Waals surface area contributed by atoms with Crippen LogP contribution in [-0.2, 0) is 24.4 Å². The zero-order chi connectivity index (χ0) is 31.8. The lowest BCUT2D eigenvalue weighted by molar-refractivity contribution is 0.0767. The normalized spacial score (nSPS) is 14.8. The molecule has 2 aliphatic heterocycles. The number of methoxy groups -OCH3 is 1. The minimum Gasteiger partial charge on any atom is -0.497 e. The average molecular weight is 622 g/mol. The van der Waals surface area contributed by atoms with Crippen LogP contribution >= 0.6 is 0 Å². The van der Waals surface area contributed by atoms with E-state index in [1.807, 2.05) is 39.6 Å². The summed E-state index contributed by atoms with van der Waals surface area (Å²) in [4.78, 5) is 29.7. The van der Waals surface area contributed by atoms with Crippen LogP contribution in [0.15, 0.2) is 73.2 Å². The van der Waals surface area contributed by atoms with Crippen LogP contribution < -0.4 is 15.0 Å². The van der Waals surface area contributed by atoms with Crippen LogP contribution in [0.4, 0.5) is 21.6 Å². The summed E-state index contributed by atoms with van der Waals surface area (Å²) in [6.07, 6.45) is 5.13. The molecule has 5 heterocycles. The van der Waals surface area contributed by atoms with Gasteiger partial charge in [0.1, 0.15) is 23.0 Å². The van der Waals surface area contributed by atoms with E-state index in [9.17, 15) is 9.18 Å². The highest BCUT2D eigenvalue weighted by atomic mass is 19.1. The number of hydrogen-bond donors (Lipinski definition) is 1. The van der Waals surface area contributed by atoms with Gasteiger partial charge in [-0.3, -0.25) is 9.20 Å². The monoisotopic (exact) mass is 621 g/mol. The summed E-state index contributed by atoms with van der Waals surface area (Å²) in [7, 11) is 5.74. The van der Waals surface area contributed by atoms with Gasteiger partial charge in [0.2, 0.25) is 0 Å². The second-order valence-electron chi connectivity index (χ2n) is 11.9. The van der Waals surface area contributed by atoms with E-state index in [2.05, 4.69) is 46.3 Å². The van der Waals surface area contributed by atoms with Gasteiger partial charge in [-0.2, -0.15) is 0 Å². The van der Waals surface area contributed by atoms with Crippen LogP contribution in [0, 0.1) is 5.82 Å². The van der Waals surface area contributed by atoms with Gasteiger partial charge in [-0.05, 0) is 67.2 Å². The maximum absolute atomic E-state index is 14.2. The molecule has 1 saturated heterocycles. The summed E-state index contributed by atoms with van der Waals surface area (Å²) in [5, 5.41) is 3.49. The fourth-order valence-corrected chi connectivity index (χ4v) is 6.29. The van der Waals surface area contributed by atoms with Gasteiger partial charge < -0.3 is 29.5 Å². The molecular formula is C35H36FN7O3. The highest BCUT2D eigenvalue weighted by Gasteiger charge is 2.34. The Balaban J connectivity index is 1.27. The highest BCUT2D eigenvalue weighted by Crippen LogP contribution is 2.38. The van der Waals surface area contributed by atoms with Crippen molar-refractivity contribution in [3.63, 3.8) is 0 Å². The molecule has 10 nitrogen and oxygen atoms in total. The number of nitrogens with zero attached hydrogens (tertiary/aromatic N) is 6. The lowest BCUT2D eigenvalue weighted by atomic mass is 10.0. The van der Waals surface area contributed by atoms with Crippen molar-refractivity contribution >= 4 is 28.7 Å². The smallest absolute Gasteiger partial charge is 0.258 e. The molecule has 46 heavy (non-hydrogen) atoms. The van der Waals surface area contributed by atoms with Gasteiger partial charge in [0.25, 0.3) is 5.91 Å². The standard InChI is InChI=1S/C35H36FN7O3/c1-40(2)21-24-16-26(6-9-30(24)41-12-14-46-15-13-41)39-34-33-29(22-42(35(33)44)20-23-4-7-27(45-3)8-5-23)28(18-38-34)31-19-37-32-17-25(36)10-11-43(31)32/h4-11,16-19H,12-15,20-22H2,1-3H3,(H,38,39). The number of anilines is 3. The largest absolute Gasteiger partial charge is 0.497 e. The Bertz CT molecular complexity index is 1900. The fraction of sp³-hybridized carbons (Fsp3) is 0.286. The Morgan fingerprint density at radius 3 is 2.59 bits per heavy atom. The molecule has 3 aromatic heterocycles. The molecule has 1 amide bonds. The SMILES string of the molecule is COc1ccc(CN2Cc3c(-c4cnc5cc(F)ccn45)cnc(Nc4ccc(N5CCOCC5)c(CN(C)C)c4)c3C2=O)cc1. The quantitative estimate of drug-likeness (QED) is 0.236. The van der Waals surface area contributed by atoms with Crippen molar-refractivity contribution in [3.05, 3.63) is 101 Å². The molecule has 2 aromatic carbocycles. The zero-order valence-corrected chi connectivity index (χ0v) is 26.2. The Kier molecular flexibility index (Phi) is 8.02. The predicted octanol–water partition coefficient (Wildman–Crippen LogP) is 5.34. The van der Waals surface area contributed by atoms with E-state index in [0.717, 1.165) is 53.5 Å². The summed E-state index contributed by atoms with van der Waals surface area (Å²) in [6.45, 7) is 4.69. The third-order valence-electron chi connectivity index (χ3n) is 8.50. The third-order valence-corrected chi connectivity index (χ3v) is 8.50. The van der Waals surface area contributed by atoms with Crippen molar-refractivity contribution in [1.29, 1.82) is 0 Å². The first kappa shape index (κ1) is 29.7. The van der Waals surface area contributed by atoms with Crippen molar-refractivity contribution in [3.8, 4) is 17.0 Å². The Morgan fingerprint density at radius 1 is 1.02 bits per heavy atom. The van der Waals surface area contributed by atoms with Gasteiger partial charge in [-0.15, -0.1) is 0 Å².